The summed E-state index contributed by atoms with van der Waals surface area (Å²) in [5.74, 6) is 0.482. The number of benzene rings is 2. The molecule has 2 N–H and O–H groups in total. The van der Waals surface area contributed by atoms with Gasteiger partial charge in [-0.2, -0.15) is 0 Å². The first-order valence-electron chi connectivity index (χ1n) is 5.94. The summed E-state index contributed by atoms with van der Waals surface area (Å²) in [4.78, 5) is 12.5. The molecular formula is C15H14BrNO2. The fourth-order valence-electron chi connectivity index (χ4n) is 1.80. The lowest BCUT2D eigenvalue weighted by Crippen LogP contribution is -2.06. The molecule has 0 heterocycles. The lowest BCUT2D eigenvalue weighted by atomic mass is 10.0. The van der Waals surface area contributed by atoms with Crippen molar-refractivity contribution in [1.29, 1.82) is 0 Å². The van der Waals surface area contributed by atoms with Gasteiger partial charge in [-0.25, -0.2) is 0 Å². The van der Waals surface area contributed by atoms with E-state index in [4.69, 9.17) is 10.5 Å². The Balaban J connectivity index is 2.45. The fourth-order valence-corrected chi connectivity index (χ4v) is 2.16. The van der Waals surface area contributed by atoms with E-state index >= 15 is 0 Å². The molecule has 19 heavy (non-hydrogen) atoms. The Labute approximate surface area is 120 Å². The quantitative estimate of drug-likeness (QED) is 0.691. The van der Waals surface area contributed by atoms with Gasteiger partial charge in [0.05, 0.1) is 12.2 Å². The van der Waals surface area contributed by atoms with E-state index in [-0.39, 0.29) is 5.78 Å². The third-order valence-corrected chi connectivity index (χ3v) is 3.13. The molecule has 2 aromatic carbocycles. The number of hydrogen-bond acceptors (Lipinski definition) is 3. The van der Waals surface area contributed by atoms with E-state index in [1.54, 1.807) is 36.4 Å². The highest BCUT2D eigenvalue weighted by Crippen LogP contribution is 2.26. The highest BCUT2D eigenvalue weighted by molar-refractivity contribution is 9.10. The second kappa shape index (κ2) is 5.89. The Hall–Kier alpha value is -1.81. The Bertz CT molecular complexity index is 611. The van der Waals surface area contributed by atoms with Gasteiger partial charge in [0, 0.05) is 15.7 Å². The summed E-state index contributed by atoms with van der Waals surface area (Å²) in [7, 11) is 0. The number of rotatable bonds is 4. The molecule has 2 aromatic rings. The van der Waals surface area contributed by atoms with E-state index in [1.165, 1.54) is 0 Å². The molecule has 98 valence electrons. The molecule has 0 saturated carbocycles. The van der Waals surface area contributed by atoms with Crippen LogP contribution < -0.4 is 10.5 Å². The lowest BCUT2D eigenvalue weighted by molar-refractivity contribution is 0.103. The average molecular weight is 320 g/mol. The van der Waals surface area contributed by atoms with Gasteiger partial charge in [0.1, 0.15) is 5.75 Å². The largest absolute Gasteiger partial charge is 0.493 e. The van der Waals surface area contributed by atoms with Crippen LogP contribution in [0.1, 0.15) is 22.8 Å². The molecule has 0 saturated heterocycles. The molecule has 0 spiro atoms. The zero-order valence-corrected chi connectivity index (χ0v) is 12.1. The molecule has 0 aliphatic rings. The maximum atomic E-state index is 12.5. The highest BCUT2D eigenvalue weighted by atomic mass is 79.9. The Kier molecular flexibility index (Phi) is 4.22. The van der Waals surface area contributed by atoms with Crippen molar-refractivity contribution in [3.63, 3.8) is 0 Å². The second-order valence-corrected chi connectivity index (χ2v) is 4.94. The van der Waals surface area contributed by atoms with Crippen molar-refractivity contribution in [3.8, 4) is 5.75 Å². The van der Waals surface area contributed by atoms with Crippen molar-refractivity contribution < 1.29 is 9.53 Å². The van der Waals surface area contributed by atoms with Crippen LogP contribution in [0.5, 0.6) is 5.75 Å². The van der Waals surface area contributed by atoms with E-state index in [0.29, 0.717) is 29.2 Å². The first-order chi connectivity index (χ1) is 9.11. The smallest absolute Gasteiger partial charge is 0.196 e. The van der Waals surface area contributed by atoms with Crippen LogP contribution >= 0.6 is 15.9 Å². The minimum atomic E-state index is -0.1000. The first-order valence-corrected chi connectivity index (χ1v) is 6.73. The maximum absolute atomic E-state index is 12.5. The van der Waals surface area contributed by atoms with Crippen molar-refractivity contribution in [1.82, 2.24) is 0 Å². The van der Waals surface area contributed by atoms with E-state index < -0.39 is 0 Å². The molecule has 0 radical (unpaired) electrons. The summed E-state index contributed by atoms with van der Waals surface area (Å²) in [5, 5.41) is 0. The molecule has 0 amide bonds. The molecule has 0 unspecified atom stereocenters. The number of nitrogen functional groups attached to an aromatic ring is 1. The summed E-state index contributed by atoms with van der Waals surface area (Å²) in [6, 6.07) is 12.3. The molecular weight excluding hydrogens is 306 g/mol. The normalized spacial score (nSPS) is 10.2. The van der Waals surface area contributed by atoms with Gasteiger partial charge in [-0.1, -0.05) is 28.1 Å². The molecule has 0 fully saturated rings. The fraction of sp³-hybridized carbons (Fsp3) is 0.133. The minimum Gasteiger partial charge on any atom is -0.493 e. The number of ether oxygens (including phenoxy) is 1. The summed E-state index contributed by atoms with van der Waals surface area (Å²) in [5.41, 5.74) is 7.36. The van der Waals surface area contributed by atoms with E-state index in [2.05, 4.69) is 15.9 Å². The summed E-state index contributed by atoms with van der Waals surface area (Å²) < 4.78 is 6.33. The van der Waals surface area contributed by atoms with E-state index in [9.17, 15) is 4.79 Å². The number of nitrogens with two attached hydrogens (primary N) is 1. The van der Waals surface area contributed by atoms with Crippen LogP contribution in [0.15, 0.2) is 46.9 Å². The number of carbonyl (C=O) groups is 1. The van der Waals surface area contributed by atoms with Crippen LogP contribution in [0, 0.1) is 0 Å². The average Bonchev–Trinajstić information content (AvgIpc) is 2.40. The van der Waals surface area contributed by atoms with Crippen LogP contribution in [-0.2, 0) is 0 Å². The molecule has 2 rings (SSSR count). The van der Waals surface area contributed by atoms with Gasteiger partial charge in [-0.05, 0) is 37.3 Å². The highest BCUT2D eigenvalue weighted by Gasteiger charge is 2.15. The Morgan fingerprint density at radius 1 is 1.26 bits per heavy atom. The molecule has 0 atom stereocenters. The predicted molar refractivity (Wildman–Crippen MR) is 79.6 cm³/mol. The van der Waals surface area contributed by atoms with Gasteiger partial charge in [0.25, 0.3) is 0 Å². The van der Waals surface area contributed by atoms with Crippen molar-refractivity contribution in [3.05, 3.63) is 58.1 Å². The van der Waals surface area contributed by atoms with Crippen molar-refractivity contribution in [2.24, 2.45) is 0 Å². The van der Waals surface area contributed by atoms with Crippen molar-refractivity contribution in [2.75, 3.05) is 12.3 Å². The van der Waals surface area contributed by atoms with Crippen LogP contribution in [0.2, 0.25) is 0 Å². The number of carbonyl (C=O) groups excluding carboxylic acids is 1. The molecule has 0 bridgehead atoms. The van der Waals surface area contributed by atoms with Crippen LogP contribution in [0.4, 0.5) is 5.69 Å². The number of ketones is 1. The predicted octanol–water partition coefficient (Wildman–Crippen LogP) is 3.66. The maximum Gasteiger partial charge on any atom is 0.196 e. The third kappa shape index (κ3) is 3.15. The second-order valence-electron chi connectivity index (χ2n) is 4.03. The van der Waals surface area contributed by atoms with Crippen molar-refractivity contribution in [2.45, 2.75) is 6.92 Å². The van der Waals surface area contributed by atoms with Crippen LogP contribution in [0.25, 0.3) is 0 Å². The molecule has 3 nitrogen and oxygen atoms in total. The molecule has 0 aliphatic heterocycles. The molecule has 4 heteroatoms. The standard InChI is InChI=1S/C15H14BrNO2/c1-2-19-14-7-6-11(16)9-13(14)15(18)10-4-3-5-12(17)8-10/h3-9H,2,17H2,1H3. The Morgan fingerprint density at radius 3 is 2.74 bits per heavy atom. The van der Waals surface area contributed by atoms with Gasteiger partial charge >= 0.3 is 0 Å². The number of halogens is 1. The minimum absolute atomic E-state index is 0.1000. The van der Waals surface area contributed by atoms with Gasteiger partial charge in [-0.3, -0.25) is 4.79 Å². The van der Waals surface area contributed by atoms with Gasteiger partial charge < -0.3 is 10.5 Å². The first kappa shape index (κ1) is 13.6. The summed E-state index contributed by atoms with van der Waals surface area (Å²) in [6.45, 7) is 2.40. The number of anilines is 1. The van der Waals surface area contributed by atoms with Crippen LogP contribution in [0.3, 0.4) is 0 Å². The van der Waals surface area contributed by atoms with Gasteiger partial charge in [0.2, 0.25) is 0 Å². The van der Waals surface area contributed by atoms with Crippen molar-refractivity contribution >= 4 is 27.4 Å². The molecule has 0 aromatic heterocycles. The SMILES string of the molecule is CCOc1ccc(Br)cc1C(=O)c1cccc(N)c1. The van der Waals surface area contributed by atoms with E-state index in [1.807, 2.05) is 13.0 Å². The summed E-state index contributed by atoms with van der Waals surface area (Å²) >= 11 is 3.37. The lowest BCUT2D eigenvalue weighted by Gasteiger charge is -2.10. The molecule has 0 aliphatic carbocycles. The zero-order valence-electron chi connectivity index (χ0n) is 10.5. The van der Waals surface area contributed by atoms with Crippen LogP contribution in [-0.4, -0.2) is 12.4 Å². The van der Waals surface area contributed by atoms with E-state index in [0.717, 1.165) is 4.47 Å². The van der Waals surface area contributed by atoms with Gasteiger partial charge in [0.15, 0.2) is 5.78 Å². The zero-order chi connectivity index (χ0) is 13.8. The monoisotopic (exact) mass is 319 g/mol. The van der Waals surface area contributed by atoms with Gasteiger partial charge in [-0.15, -0.1) is 0 Å². The number of hydrogen-bond donors (Lipinski definition) is 1. The Morgan fingerprint density at radius 2 is 2.05 bits per heavy atom. The summed E-state index contributed by atoms with van der Waals surface area (Å²) in [6.07, 6.45) is 0. The topological polar surface area (TPSA) is 52.3 Å². The third-order valence-electron chi connectivity index (χ3n) is 2.63.